The van der Waals surface area contributed by atoms with Crippen molar-refractivity contribution in [3.8, 4) is 0 Å². The SMILES string of the molecule is COC[C@H](C)NCc1ccc(F)cc1F. The Morgan fingerprint density at radius 3 is 2.73 bits per heavy atom. The third-order valence-electron chi connectivity index (χ3n) is 2.07. The third kappa shape index (κ3) is 3.93. The van der Waals surface area contributed by atoms with E-state index in [-0.39, 0.29) is 6.04 Å². The summed E-state index contributed by atoms with van der Waals surface area (Å²) in [6.07, 6.45) is 0. The number of rotatable bonds is 5. The van der Waals surface area contributed by atoms with Gasteiger partial charge in [0.1, 0.15) is 11.6 Å². The molecule has 0 bridgehead atoms. The maximum absolute atomic E-state index is 13.2. The number of hydrogen-bond donors (Lipinski definition) is 1. The van der Waals surface area contributed by atoms with E-state index in [4.69, 9.17) is 4.74 Å². The Kier molecular flexibility index (Phi) is 4.65. The molecular weight excluding hydrogens is 200 g/mol. The van der Waals surface area contributed by atoms with Gasteiger partial charge in [-0.1, -0.05) is 6.07 Å². The van der Waals surface area contributed by atoms with Crippen LogP contribution in [0.1, 0.15) is 12.5 Å². The van der Waals surface area contributed by atoms with E-state index in [1.165, 1.54) is 12.1 Å². The van der Waals surface area contributed by atoms with Gasteiger partial charge in [0.05, 0.1) is 6.61 Å². The van der Waals surface area contributed by atoms with Crippen molar-refractivity contribution in [2.75, 3.05) is 13.7 Å². The maximum atomic E-state index is 13.2. The summed E-state index contributed by atoms with van der Waals surface area (Å²) in [5.41, 5.74) is 0.458. The van der Waals surface area contributed by atoms with Crippen molar-refractivity contribution < 1.29 is 13.5 Å². The topological polar surface area (TPSA) is 21.3 Å². The minimum atomic E-state index is -0.554. The molecule has 0 aliphatic heterocycles. The summed E-state index contributed by atoms with van der Waals surface area (Å²) in [4.78, 5) is 0. The van der Waals surface area contributed by atoms with E-state index >= 15 is 0 Å². The molecule has 0 amide bonds. The van der Waals surface area contributed by atoms with Crippen LogP contribution in [0, 0.1) is 11.6 Å². The lowest BCUT2D eigenvalue weighted by atomic mass is 10.2. The van der Waals surface area contributed by atoms with Crippen LogP contribution in [0.4, 0.5) is 8.78 Å². The largest absolute Gasteiger partial charge is 0.383 e. The summed E-state index contributed by atoms with van der Waals surface area (Å²) in [5, 5.41) is 3.07. The van der Waals surface area contributed by atoms with E-state index in [2.05, 4.69) is 5.32 Å². The molecule has 0 unspecified atom stereocenters. The fourth-order valence-corrected chi connectivity index (χ4v) is 1.26. The number of halogens is 2. The van der Waals surface area contributed by atoms with Gasteiger partial charge in [-0.2, -0.15) is 0 Å². The van der Waals surface area contributed by atoms with Crippen molar-refractivity contribution in [3.63, 3.8) is 0 Å². The minimum Gasteiger partial charge on any atom is -0.383 e. The van der Waals surface area contributed by atoms with E-state index in [1.54, 1.807) is 7.11 Å². The van der Waals surface area contributed by atoms with Crippen molar-refractivity contribution in [2.24, 2.45) is 0 Å². The van der Waals surface area contributed by atoms with Crippen LogP contribution in [0.25, 0.3) is 0 Å². The van der Waals surface area contributed by atoms with Crippen LogP contribution < -0.4 is 5.32 Å². The van der Waals surface area contributed by atoms with Crippen LogP contribution in [0.2, 0.25) is 0 Å². The first-order valence-electron chi connectivity index (χ1n) is 4.79. The van der Waals surface area contributed by atoms with Gasteiger partial charge in [-0.15, -0.1) is 0 Å². The second-order valence-corrected chi connectivity index (χ2v) is 3.47. The van der Waals surface area contributed by atoms with Crippen molar-refractivity contribution in [1.29, 1.82) is 0 Å². The molecule has 1 N–H and O–H groups in total. The van der Waals surface area contributed by atoms with E-state index in [1.807, 2.05) is 6.92 Å². The molecule has 2 nitrogen and oxygen atoms in total. The van der Waals surface area contributed by atoms with Gasteiger partial charge in [0.15, 0.2) is 0 Å². The highest BCUT2D eigenvalue weighted by Gasteiger charge is 2.05. The highest BCUT2D eigenvalue weighted by molar-refractivity contribution is 5.18. The van der Waals surface area contributed by atoms with Gasteiger partial charge >= 0.3 is 0 Å². The zero-order chi connectivity index (χ0) is 11.3. The van der Waals surface area contributed by atoms with E-state index < -0.39 is 11.6 Å². The summed E-state index contributed by atoms with van der Waals surface area (Å²) >= 11 is 0. The van der Waals surface area contributed by atoms with E-state index in [9.17, 15) is 8.78 Å². The zero-order valence-electron chi connectivity index (χ0n) is 8.89. The number of methoxy groups -OCH3 is 1. The molecule has 0 aromatic heterocycles. The molecule has 0 aliphatic carbocycles. The minimum absolute atomic E-state index is 0.138. The first kappa shape index (κ1) is 12.1. The molecule has 0 fully saturated rings. The number of nitrogens with one attached hydrogen (secondary N) is 1. The lowest BCUT2D eigenvalue weighted by Crippen LogP contribution is -2.29. The summed E-state index contributed by atoms with van der Waals surface area (Å²) in [6, 6.07) is 3.72. The highest BCUT2D eigenvalue weighted by Crippen LogP contribution is 2.09. The summed E-state index contributed by atoms with van der Waals surface area (Å²) < 4.78 is 30.7. The summed E-state index contributed by atoms with van der Waals surface area (Å²) in [5.74, 6) is -1.08. The molecule has 1 aromatic carbocycles. The Morgan fingerprint density at radius 1 is 1.40 bits per heavy atom. The molecule has 0 radical (unpaired) electrons. The van der Waals surface area contributed by atoms with Crippen LogP contribution in [-0.2, 0) is 11.3 Å². The standard InChI is InChI=1S/C11H15F2NO/c1-8(7-15-2)14-6-9-3-4-10(12)5-11(9)13/h3-5,8,14H,6-7H2,1-2H3/t8-/m0/s1. The molecule has 0 saturated carbocycles. The normalized spacial score (nSPS) is 12.8. The second kappa shape index (κ2) is 5.78. The van der Waals surface area contributed by atoms with Gasteiger partial charge in [0.25, 0.3) is 0 Å². The lowest BCUT2D eigenvalue weighted by Gasteiger charge is -2.12. The first-order chi connectivity index (χ1) is 7.13. The Hall–Kier alpha value is -1.00. The molecule has 0 aliphatic rings. The highest BCUT2D eigenvalue weighted by atomic mass is 19.1. The fraction of sp³-hybridized carbons (Fsp3) is 0.455. The smallest absolute Gasteiger partial charge is 0.130 e. The molecule has 15 heavy (non-hydrogen) atoms. The van der Waals surface area contributed by atoms with Crippen LogP contribution in [0.5, 0.6) is 0 Å². The van der Waals surface area contributed by atoms with Gasteiger partial charge in [-0.25, -0.2) is 8.78 Å². The Balaban J connectivity index is 2.50. The van der Waals surface area contributed by atoms with Gasteiger partial charge in [0, 0.05) is 31.3 Å². The lowest BCUT2D eigenvalue weighted by molar-refractivity contribution is 0.171. The van der Waals surface area contributed by atoms with Crippen LogP contribution in [0.15, 0.2) is 18.2 Å². The van der Waals surface area contributed by atoms with Crippen molar-refractivity contribution in [3.05, 3.63) is 35.4 Å². The predicted octanol–water partition coefficient (Wildman–Crippen LogP) is 2.09. The molecule has 1 atom stereocenters. The quantitative estimate of drug-likeness (QED) is 0.812. The molecule has 4 heteroatoms. The zero-order valence-corrected chi connectivity index (χ0v) is 8.89. The monoisotopic (exact) mass is 215 g/mol. The summed E-state index contributed by atoms with van der Waals surface area (Å²) in [7, 11) is 1.61. The van der Waals surface area contributed by atoms with Crippen molar-refractivity contribution in [2.45, 2.75) is 19.5 Å². The molecule has 84 valence electrons. The Labute approximate surface area is 88.3 Å². The van der Waals surface area contributed by atoms with Gasteiger partial charge in [-0.3, -0.25) is 0 Å². The molecule has 1 aromatic rings. The Bertz CT molecular complexity index is 317. The average molecular weight is 215 g/mol. The number of ether oxygens (including phenoxy) is 1. The first-order valence-corrected chi connectivity index (χ1v) is 4.79. The maximum Gasteiger partial charge on any atom is 0.130 e. The fourth-order valence-electron chi connectivity index (χ4n) is 1.26. The van der Waals surface area contributed by atoms with E-state index in [0.717, 1.165) is 6.07 Å². The number of hydrogen-bond acceptors (Lipinski definition) is 2. The van der Waals surface area contributed by atoms with Crippen LogP contribution in [0.3, 0.4) is 0 Å². The third-order valence-corrected chi connectivity index (χ3v) is 2.07. The van der Waals surface area contributed by atoms with Crippen LogP contribution in [-0.4, -0.2) is 19.8 Å². The van der Waals surface area contributed by atoms with Crippen molar-refractivity contribution in [1.82, 2.24) is 5.32 Å². The van der Waals surface area contributed by atoms with E-state index in [0.29, 0.717) is 18.7 Å². The second-order valence-electron chi connectivity index (χ2n) is 3.47. The van der Waals surface area contributed by atoms with Gasteiger partial charge in [-0.05, 0) is 13.0 Å². The molecule has 0 saturated heterocycles. The predicted molar refractivity (Wildman–Crippen MR) is 54.5 cm³/mol. The van der Waals surface area contributed by atoms with Gasteiger partial charge < -0.3 is 10.1 Å². The molecular formula is C11H15F2NO. The average Bonchev–Trinajstić information content (AvgIpc) is 2.17. The van der Waals surface area contributed by atoms with Crippen molar-refractivity contribution >= 4 is 0 Å². The molecule has 1 rings (SSSR count). The molecule has 0 heterocycles. The molecule has 0 spiro atoms. The van der Waals surface area contributed by atoms with Gasteiger partial charge in [0.2, 0.25) is 0 Å². The number of benzene rings is 1. The Morgan fingerprint density at radius 2 is 2.13 bits per heavy atom. The van der Waals surface area contributed by atoms with Crippen LogP contribution >= 0.6 is 0 Å². The summed E-state index contributed by atoms with van der Waals surface area (Å²) in [6.45, 7) is 2.87.